The Hall–Kier alpha value is -0.530. The SMILES string of the molecule is NC1CCCC1Cc1ccccc1Cl. The number of halogens is 1. The van der Waals surface area contributed by atoms with Gasteiger partial charge in [-0.3, -0.25) is 0 Å². The molecule has 2 N–H and O–H groups in total. The molecule has 1 aliphatic rings. The van der Waals surface area contributed by atoms with E-state index in [0.29, 0.717) is 12.0 Å². The smallest absolute Gasteiger partial charge is 0.0438 e. The molecule has 1 aromatic carbocycles. The Morgan fingerprint density at radius 1 is 1.29 bits per heavy atom. The van der Waals surface area contributed by atoms with E-state index in [-0.39, 0.29) is 0 Å². The van der Waals surface area contributed by atoms with Crippen molar-refractivity contribution < 1.29 is 0 Å². The molecule has 0 saturated heterocycles. The fraction of sp³-hybridized carbons (Fsp3) is 0.500. The van der Waals surface area contributed by atoms with Crippen molar-refractivity contribution in [1.29, 1.82) is 0 Å². The number of hydrogen-bond donors (Lipinski definition) is 1. The summed E-state index contributed by atoms with van der Waals surface area (Å²) >= 11 is 6.11. The minimum Gasteiger partial charge on any atom is -0.327 e. The third-order valence-corrected chi connectivity index (χ3v) is 3.53. The molecule has 1 nitrogen and oxygen atoms in total. The molecule has 1 saturated carbocycles. The molecule has 2 unspecified atom stereocenters. The molecular formula is C12H16ClN. The second-order valence-electron chi connectivity index (χ2n) is 4.15. The summed E-state index contributed by atoms with van der Waals surface area (Å²) < 4.78 is 0. The molecule has 0 amide bonds. The van der Waals surface area contributed by atoms with Crippen LogP contribution in [-0.4, -0.2) is 6.04 Å². The first-order valence-corrected chi connectivity index (χ1v) is 5.64. The Balaban J connectivity index is 2.07. The predicted octanol–water partition coefficient (Wildman–Crippen LogP) is 3.01. The number of benzene rings is 1. The first-order valence-electron chi connectivity index (χ1n) is 5.26. The average molecular weight is 210 g/mol. The van der Waals surface area contributed by atoms with Crippen molar-refractivity contribution in [2.45, 2.75) is 31.7 Å². The Morgan fingerprint density at radius 2 is 2.07 bits per heavy atom. The maximum atomic E-state index is 6.11. The maximum absolute atomic E-state index is 6.11. The lowest BCUT2D eigenvalue weighted by atomic mass is 9.95. The minimum absolute atomic E-state index is 0.381. The molecule has 1 aliphatic carbocycles. The molecule has 1 aromatic rings. The summed E-state index contributed by atoms with van der Waals surface area (Å²) in [6.45, 7) is 0. The number of nitrogens with two attached hydrogens (primary N) is 1. The van der Waals surface area contributed by atoms with Gasteiger partial charge in [-0.15, -0.1) is 0 Å². The fourth-order valence-corrected chi connectivity index (χ4v) is 2.48. The van der Waals surface area contributed by atoms with E-state index in [2.05, 4.69) is 6.07 Å². The van der Waals surface area contributed by atoms with Crippen LogP contribution in [0, 0.1) is 5.92 Å². The van der Waals surface area contributed by atoms with Crippen molar-refractivity contribution in [3.05, 3.63) is 34.9 Å². The minimum atomic E-state index is 0.381. The third kappa shape index (κ3) is 2.10. The van der Waals surface area contributed by atoms with Crippen molar-refractivity contribution in [1.82, 2.24) is 0 Å². The van der Waals surface area contributed by atoms with E-state index in [0.717, 1.165) is 11.4 Å². The van der Waals surface area contributed by atoms with Gasteiger partial charge < -0.3 is 5.73 Å². The summed E-state index contributed by atoms with van der Waals surface area (Å²) in [5.74, 6) is 0.634. The van der Waals surface area contributed by atoms with Crippen LogP contribution < -0.4 is 5.73 Å². The van der Waals surface area contributed by atoms with Crippen LogP contribution in [0.2, 0.25) is 5.02 Å². The highest BCUT2D eigenvalue weighted by Crippen LogP contribution is 2.29. The van der Waals surface area contributed by atoms with E-state index in [1.807, 2.05) is 18.2 Å². The molecule has 1 fully saturated rings. The molecule has 76 valence electrons. The maximum Gasteiger partial charge on any atom is 0.0438 e. The van der Waals surface area contributed by atoms with Crippen LogP contribution in [0.15, 0.2) is 24.3 Å². The molecule has 0 bridgehead atoms. The van der Waals surface area contributed by atoms with Crippen molar-refractivity contribution in [3.8, 4) is 0 Å². The van der Waals surface area contributed by atoms with Gasteiger partial charge in [0.15, 0.2) is 0 Å². The third-order valence-electron chi connectivity index (χ3n) is 3.16. The molecule has 0 heterocycles. The number of rotatable bonds is 2. The molecule has 2 rings (SSSR count). The molecule has 0 spiro atoms. The fourth-order valence-electron chi connectivity index (χ4n) is 2.27. The lowest BCUT2D eigenvalue weighted by Crippen LogP contribution is -2.25. The van der Waals surface area contributed by atoms with Gasteiger partial charge >= 0.3 is 0 Å². The lowest BCUT2D eigenvalue weighted by Gasteiger charge is -2.15. The zero-order valence-corrected chi connectivity index (χ0v) is 9.00. The van der Waals surface area contributed by atoms with Crippen LogP contribution in [0.1, 0.15) is 24.8 Å². The second-order valence-corrected chi connectivity index (χ2v) is 4.56. The normalized spacial score (nSPS) is 26.7. The quantitative estimate of drug-likeness (QED) is 0.796. The summed E-state index contributed by atoms with van der Waals surface area (Å²) in [7, 11) is 0. The summed E-state index contributed by atoms with van der Waals surface area (Å²) in [5, 5.41) is 0.881. The first kappa shape index (κ1) is 10.0. The summed E-state index contributed by atoms with van der Waals surface area (Å²) in [4.78, 5) is 0. The van der Waals surface area contributed by atoms with E-state index in [1.165, 1.54) is 24.8 Å². The predicted molar refractivity (Wildman–Crippen MR) is 60.5 cm³/mol. The summed E-state index contributed by atoms with van der Waals surface area (Å²) in [5.41, 5.74) is 7.28. The van der Waals surface area contributed by atoms with Gasteiger partial charge in [0.25, 0.3) is 0 Å². The van der Waals surface area contributed by atoms with Gasteiger partial charge in [0.2, 0.25) is 0 Å². The highest BCUT2D eigenvalue weighted by Gasteiger charge is 2.24. The van der Waals surface area contributed by atoms with Crippen LogP contribution in [0.5, 0.6) is 0 Å². The Bertz CT molecular complexity index is 311. The molecule has 0 aromatic heterocycles. The highest BCUT2D eigenvalue weighted by atomic mass is 35.5. The average Bonchev–Trinajstić information content (AvgIpc) is 2.56. The molecule has 2 atom stereocenters. The first-order chi connectivity index (χ1) is 6.77. The van der Waals surface area contributed by atoms with Crippen LogP contribution in [0.3, 0.4) is 0 Å². The van der Waals surface area contributed by atoms with Crippen molar-refractivity contribution >= 4 is 11.6 Å². The Labute approximate surface area is 90.3 Å². The van der Waals surface area contributed by atoms with Crippen LogP contribution in [0.4, 0.5) is 0 Å². The molecule has 2 heteroatoms. The van der Waals surface area contributed by atoms with Crippen LogP contribution in [-0.2, 0) is 6.42 Å². The van der Waals surface area contributed by atoms with Crippen LogP contribution in [0.25, 0.3) is 0 Å². The van der Waals surface area contributed by atoms with Gasteiger partial charge in [-0.05, 0) is 36.8 Å². The highest BCUT2D eigenvalue weighted by molar-refractivity contribution is 6.31. The largest absolute Gasteiger partial charge is 0.327 e. The van der Waals surface area contributed by atoms with Crippen molar-refractivity contribution in [2.24, 2.45) is 11.7 Å². The summed E-state index contributed by atoms with van der Waals surface area (Å²) in [6.07, 6.45) is 4.75. The van der Waals surface area contributed by atoms with Gasteiger partial charge in [-0.2, -0.15) is 0 Å². The van der Waals surface area contributed by atoms with Gasteiger partial charge in [0.05, 0.1) is 0 Å². The van der Waals surface area contributed by atoms with E-state index < -0.39 is 0 Å². The van der Waals surface area contributed by atoms with Crippen molar-refractivity contribution in [2.75, 3.05) is 0 Å². The molecular weight excluding hydrogens is 194 g/mol. The monoisotopic (exact) mass is 209 g/mol. The zero-order valence-electron chi connectivity index (χ0n) is 8.25. The van der Waals surface area contributed by atoms with Crippen LogP contribution >= 0.6 is 11.6 Å². The van der Waals surface area contributed by atoms with E-state index in [9.17, 15) is 0 Å². The van der Waals surface area contributed by atoms with Gasteiger partial charge in [0, 0.05) is 11.1 Å². The Kier molecular flexibility index (Phi) is 3.09. The summed E-state index contributed by atoms with van der Waals surface area (Å²) in [6, 6.07) is 8.46. The van der Waals surface area contributed by atoms with E-state index >= 15 is 0 Å². The van der Waals surface area contributed by atoms with Crippen molar-refractivity contribution in [3.63, 3.8) is 0 Å². The Morgan fingerprint density at radius 3 is 2.71 bits per heavy atom. The van der Waals surface area contributed by atoms with Gasteiger partial charge in [0.1, 0.15) is 0 Å². The zero-order chi connectivity index (χ0) is 9.97. The lowest BCUT2D eigenvalue weighted by molar-refractivity contribution is 0.479. The van der Waals surface area contributed by atoms with Gasteiger partial charge in [-0.1, -0.05) is 36.2 Å². The molecule has 0 aliphatic heterocycles. The molecule has 14 heavy (non-hydrogen) atoms. The molecule has 0 radical (unpaired) electrons. The second kappa shape index (κ2) is 4.33. The topological polar surface area (TPSA) is 26.0 Å². The number of hydrogen-bond acceptors (Lipinski definition) is 1. The van der Waals surface area contributed by atoms with E-state index in [4.69, 9.17) is 17.3 Å². The standard InChI is InChI=1S/C12H16ClN/c13-11-6-2-1-4-9(11)8-10-5-3-7-12(10)14/h1-2,4,6,10,12H,3,5,7-8,14H2. The van der Waals surface area contributed by atoms with E-state index in [1.54, 1.807) is 0 Å². The van der Waals surface area contributed by atoms with Gasteiger partial charge in [-0.25, -0.2) is 0 Å².